The molecule has 0 spiro atoms. The van der Waals surface area contributed by atoms with Gasteiger partial charge in [0.25, 0.3) is 5.91 Å². The SMILES string of the molecule is CN(C[C@@H](CCN1CC(N2CCS(=O)CC2)C1)c1ccc(F)cc1)C(=O)c1cc(C#N)cc2ccccc12. The molecule has 198 valence electrons. The Labute approximate surface area is 226 Å². The molecule has 0 aliphatic carbocycles. The third kappa shape index (κ3) is 5.96. The van der Waals surface area contributed by atoms with E-state index in [0.717, 1.165) is 67.0 Å². The monoisotopic (exact) mass is 532 g/mol. The third-order valence-corrected chi connectivity index (χ3v) is 9.14. The molecular weight excluding hydrogens is 499 g/mol. The van der Waals surface area contributed by atoms with Crippen molar-refractivity contribution in [1.29, 1.82) is 5.26 Å². The highest BCUT2D eigenvalue weighted by Crippen LogP contribution is 2.27. The number of halogens is 1. The first kappa shape index (κ1) is 26.5. The van der Waals surface area contributed by atoms with Gasteiger partial charge >= 0.3 is 0 Å². The summed E-state index contributed by atoms with van der Waals surface area (Å²) in [5.41, 5.74) is 1.99. The van der Waals surface area contributed by atoms with Crippen LogP contribution in [0.15, 0.2) is 60.7 Å². The molecule has 0 N–H and O–H groups in total. The van der Waals surface area contributed by atoms with Crippen LogP contribution in [0.3, 0.4) is 0 Å². The zero-order chi connectivity index (χ0) is 26.6. The highest BCUT2D eigenvalue weighted by molar-refractivity contribution is 7.85. The summed E-state index contributed by atoms with van der Waals surface area (Å²) in [6.07, 6.45) is 0.846. The molecular formula is C30H33FN4O2S. The van der Waals surface area contributed by atoms with Crippen LogP contribution < -0.4 is 0 Å². The zero-order valence-corrected chi connectivity index (χ0v) is 22.5. The second kappa shape index (κ2) is 11.7. The zero-order valence-electron chi connectivity index (χ0n) is 21.7. The fourth-order valence-corrected chi connectivity index (χ4v) is 6.66. The Hall–Kier alpha value is -3.12. The summed E-state index contributed by atoms with van der Waals surface area (Å²) in [6, 6.07) is 20.4. The van der Waals surface area contributed by atoms with Crippen molar-refractivity contribution < 1.29 is 13.4 Å². The molecule has 0 unspecified atom stereocenters. The van der Waals surface area contributed by atoms with Gasteiger partial charge in [0.1, 0.15) is 5.82 Å². The van der Waals surface area contributed by atoms with Crippen LogP contribution in [0.2, 0.25) is 0 Å². The van der Waals surface area contributed by atoms with E-state index >= 15 is 0 Å². The molecule has 2 aliphatic rings. The van der Waals surface area contributed by atoms with Gasteiger partial charge in [0.2, 0.25) is 0 Å². The lowest BCUT2D eigenvalue weighted by Crippen LogP contribution is -2.61. The van der Waals surface area contributed by atoms with Gasteiger partial charge in [-0.15, -0.1) is 0 Å². The van der Waals surface area contributed by atoms with Crippen LogP contribution in [0, 0.1) is 17.1 Å². The van der Waals surface area contributed by atoms with Crippen molar-refractivity contribution in [2.24, 2.45) is 0 Å². The molecule has 2 aliphatic heterocycles. The molecule has 1 atom stereocenters. The molecule has 0 radical (unpaired) electrons. The summed E-state index contributed by atoms with van der Waals surface area (Å²) in [5.74, 6) is 1.19. The molecule has 2 saturated heterocycles. The Morgan fingerprint density at radius 2 is 1.84 bits per heavy atom. The van der Waals surface area contributed by atoms with Gasteiger partial charge < -0.3 is 9.80 Å². The Morgan fingerprint density at radius 1 is 1.13 bits per heavy atom. The molecule has 8 heteroatoms. The van der Waals surface area contributed by atoms with E-state index in [0.29, 0.717) is 23.7 Å². The van der Waals surface area contributed by atoms with E-state index in [4.69, 9.17) is 0 Å². The minimum Gasteiger partial charge on any atom is -0.341 e. The van der Waals surface area contributed by atoms with Gasteiger partial charge in [0.05, 0.1) is 11.6 Å². The number of rotatable bonds is 8. The van der Waals surface area contributed by atoms with Crippen LogP contribution in [0.5, 0.6) is 0 Å². The van der Waals surface area contributed by atoms with E-state index in [1.54, 1.807) is 24.1 Å². The second-order valence-electron chi connectivity index (χ2n) is 10.4. The van der Waals surface area contributed by atoms with Gasteiger partial charge in [0.15, 0.2) is 0 Å². The third-order valence-electron chi connectivity index (χ3n) is 7.86. The van der Waals surface area contributed by atoms with Crippen LogP contribution >= 0.6 is 0 Å². The highest BCUT2D eigenvalue weighted by atomic mass is 32.2. The highest BCUT2D eigenvalue weighted by Gasteiger charge is 2.33. The second-order valence-corrected chi connectivity index (χ2v) is 12.1. The van der Waals surface area contributed by atoms with Crippen LogP contribution in [-0.4, -0.2) is 88.7 Å². The molecule has 2 heterocycles. The lowest BCUT2D eigenvalue weighted by atomic mass is 9.93. The minimum atomic E-state index is -0.660. The van der Waals surface area contributed by atoms with Crippen molar-refractivity contribution in [3.05, 3.63) is 83.2 Å². The summed E-state index contributed by atoms with van der Waals surface area (Å²) in [4.78, 5) is 20.2. The van der Waals surface area contributed by atoms with Gasteiger partial charge in [-0.2, -0.15) is 5.26 Å². The maximum absolute atomic E-state index is 13.7. The number of likely N-dealkylation sites (tertiary alicyclic amines) is 1. The molecule has 3 aromatic carbocycles. The van der Waals surface area contributed by atoms with Gasteiger partial charge in [-0.1, -0.05) is 36.4 Å². The van der Waals surface area contributed by atoms with Crippen molar-refractivity contribution in [1.82, 2.24) is 14.7 Å². The number of hydrogen-bond donors (Lipinski definition) is 0. The molecule has 6 nitrogen and oxygen atoms in total. The van der Waals surface area contributed by atoms with Crippen molar-refractivity contribution in [2.75, 3.05) is 57.8 Å². The Balaban J connectivity index is 1.27. The normalized spacial score (nSPS) is 18.1. The Kier molecular flexibility index (Phi) is 8.18. The molecule has 0 bridgehead atoms. The van der Waals surface area contributed by atoms with Gasteiger partial charge in [-0.3, -0.25) is 13.9 Å². The van der Waals surface area contributed by atoms with Gasteiger partial charge in [0, 0.05) is 79.6 Å². The van der Waals surface area contributed by atoms with Crippen molar-refractivity contribution in [2.45, 2.75) is 18.4 Å². The van der Waals surface area contributed by atoms with Gasteiger partial charge in [-0.05, 0) is 53.6 Å². The molecule has 2 fully saturated rings. The number of nitrogens with zero attached hydrogens (tertiary/aromatic N) is 4. The van der Waals surface area contributed by atoms with E-state index in [2.05, 4.69) is 15.9 Å². The van der Waals surface area contributed by atoms with Crippen molar-refractivity contribution in [3.8, 4) is 6.07 Å². The van der Waals surface area contributed by atoms with Crippen molar-refractivity contribution >= 4 is 27.5 Å². The fourth-order valence-electron chi connectivity index (χ4n) is 5.58. The Bertz CT molecular complexity index is 1360. The molecule has 1 amide bonds. The van der Waals surface area contributed by atoms with Crippen LogP contribution in [0.25, 0.3) is 10.8 Å². The number of amides is 1. The molecule has 3 aromatic rings. The quantitative estimate of drug-likeness (QED) is 0.441. The average Bonchev–Trinajstić information content (AvgIpc) is 2.91. The van der Waals surface area contributed by atoms with E-state index < -0.39 is 10.8 Å². The minimum absolute atomic E-state index is 0.0476. The summed E-state index contributed by atoms with van der Waals surface area (Å²) in [5, 5.41) is 11.2. The Morgan fingerprint density at radius 3 is 2.55 bits per heavy atom. The fraction of sp³-hybridized carbons (Fsp3) is 0.400. The first-order valence-corrected chi connectivity index (χ1v) is 14.7. The molecule has 5 rings (SSSR count). The maximum atomic E-state index is 13.7. The van der Waals surface area contributed by atoms with E-state index in [1.807, 2.05) is 36.4 Å². The number of benzene rings is 3. The molecule has 0 saturated carbocycles. The topological polar surface area (TPSA) is 67.7 Å². The molecule has 0 aromatic heterocycles. The molecule has 38 heavy (non-hydrogen) atoms. The summed E-state index contributed by atoms with van der Waals surface area (Å²) >= 11 is 0. The predicted molar refractivity (Wildman–Crippen MR) is 149 cm³/mol. The lowest BCUT2D eigenvalue weighted by Gasteiger charge is -2.47. The maximum Gasteiger partial charge on any atom is 0.254 e. The number of likely N-dealkylation sites (N-methyl/N-ethyl adjacent to an activating group) is 1. The van der Waals surface area contributed by atoms with Crippen LogP contribution in [0.1, 0.15) is 33.8 Å². The number of carbonyl (C=O) groups excluding carboxylic acids is 1. The van der Waals surface area contributed by atoms with E-state index in [9.17, 15) is 18.7 Å². The first-order chi connectivity index (χ1) is 18.4. The number of hydrogen-bond acceptors (Lipinski definition) is 5. The smallest absolute Gasteiger partial charge is 0.254 e. The predicted octanol–water partition coefficient (Wildman–Crippen LogP) is 3.84. The van der Waals surface area contributed by atoms with E-state index in [-0.39, 0.29) is 17.6 Å². The first-order valence-electron chi connectivity index (χ1n) is 13.2. The lowest BCUT2D eigenvalue weighted by molar-refractivity contribution is 0.0367. The van der Waals surface area contributed by atoms with E-state index in [1.165, 1.54) is 12.1 Å². The number of nitriles is 1. The largest absolute Gasteiger partial charge is 0.341 e. The van der Waals surface area contributed by atoms with Crippen molar-refractivity contribution in [3.63, 3.8) is 0 Å². The summed E-state index contributed by atoms with van der Waals surface area (Å²) in [7, 11) is 1.14. The summed E-state index contributed by atoms with van der Waals surface area (Å²) < 4.78 is 25.3. The number of fused-ring (bicyclic) bond motifs is 1. The summed E-state index contributed by atoms with van der Waals surface area (Å²) in [6.45, 7) is 5.22. The average molecular weight is 533 g/mol. The van der Waals surface area contributed by atoms with Crippen LogP contribution in [0.4, 0.5) is 4.39 Å². The van der Waals surface area contributed by atoms with Crippen LogP contribution in [-0.2, 0) is 10.8 Å². The standard InChI is InChI=1S/C30H33FN4O2S/c1-33(30(36)29-17-22(18-32)16-24-4-2-3-5-28(24)29)19-25(23-6-8-26(31)9-7-23)10-11-34-20-27(21-34)35-12-14-38(37)15-13-35/h2-9,16-17,25,27H,10-15,19-21H2,1H3/t25-/m1/s1. The number of carbonyl (C=O) groups is 1. The van der Waals surface area contributed by atoms with Gasteiger partial charge in [-0.25, -0.2) is 4.39 Å².